The summed E-state index contributed by atoms with van der Waals surface area (Å²) in [6, 6.07) is 0. The zero-order chi connectivity index (χ0) is 5.61. The second kappa shape index (κ2) is 1.13. The molecule has 2 rings (SSSR count). The van der Waals surface area contributed by atoms with Crippen LogP contribution in [0.15, 0.2) is 0 Å². The lowest BCUT2D eigenvalue weighted by molar-refractivity contribution is -0.113. The van der Waals surface area contributed by atoms with Gasteiger partial charge < -0.3 is 9.53 Å². The molecule has 2 nitrogen and oxygen atoms in total. The van der Waals surface area contributed by atoms with Crippen LogP contribution in [0.5, 0.6) is 0 Å². The third kappa shape index (κ3) is 0.348. The number of rotatable bonds is 1. The van der Waals surface area contributed by atoms with Crippen molar-refractivity contribution in [1.29, 1.82) is 0 Å². The first-order chi connectivity index (χ1) is 3.87. The highest BCUT2D eigenvalue weighted by Crippen LogP contribution is 2.56. The molecule has 1 atom stereocenters. The average molecular weight is 112 g/mol. The van der Waals surface area contributed by atoms with E-state index in [0.29, 0.717) is 11.3 Å². The third-order valence-electron chi connectivity index (χ3n) is 2.20. The minimum atomic E-state index is 0.344. The predicted molar refractivity (Wildman–Crippen MR) is 27.4 cm³/mol. The van der Waals surface area contributed by atoms with Crippen LogP contribution in [0.3, 0.4) is 0 Å². The number of carbonyl (C=O) groups excluding carboxylic acids is 1. The summed E-state index contributed by atoms with van der Waals surface area (Å²) in [5, 5.41) is 0. The van der Waals surface area contributed by atoms with Crippen molar-refractivity contribution in [3.8, 4) is 0 Å². The molecule has 0 amide bonds. The minimum absolute atomic E-state index is 0.344. The predicted octanol–water partition coefficient (Wildman–Crippen LogP) is 0.222. The van der Waals surface area contributed by atoms with E-state index < -0.39 is 0 Å². The number of aldehydes is 1. The van der Waals surface area contributed by atoms with Crippen molar-refractivity contribution < 1.29 is 9.53 Å². The zero-order valence-corrected chi connectivity index (χ0v) is 4.59. The van der Waals surface area contributed by atoms with Gasteiger partial charge in [-0.3, -0.25) is 0 Å². The molecule has 0 aromatic rings. The Bertz CT molecular complexity index is 126. The molecule has 0 bridgehead atoms. The van der Waals surface area contributed by atoms with Crippen molar-refractivity contribution in [1.82, 2.24) is 0 Å². The van der Waals surface area contributed by atoms with Gasteiger partial charge in [0.2, 0.25) is 0 Å². The van der Waals surface area contributed by atoms with E-state index in [0.717, 1.165) is 25.9 Å². The van der Waals surface area contributed by atoms with Gasteiger partial charge in [-0.2, -0.15) is 0 Å². The summed E-state index contributed by atoms with van der Waals surface area (Å²) in [5.74, 6) is 0.344. The molecule has 2 aliphatic rings. The van der Waals surface area contributed by atoms with E-state index in [1.807, 2.05) is 0 Å². The molecule has 0 aromatic carbocycles. The molecule has 1 spiro atoms. The van der Waals surface area contributed by atoms with Gasteiger partial charge in [0.15, 0.2) is 0 Å². The van der Waals surface area contributed by atoms with Crippen LogP contribution in [0.1, 0.15) is 6.42 Å². The average Bonchev–Trinajstić information content (AvgIpc) is 2.36. The van der Waals surface area contributed by atoms with E-state index >= 15 is 0 Å². The van der Waals surface area contributed by atoms with Crippen LogP contribution < -0.4 is 0 Å². The Balaban J connectivity index is 2.02. The van der Waals surface area contributed by atoms with Crippen LogP contribution in [0.25, 0.3) is 0 Å². The number of hydrogen-bond donors (Lipinski definition) is 0. The first kappa shape index (κ1) is 4.50. The fourth-order valence-corrected chi connectivity index (χ4v) is 1.27. The van der Waals surface area contributed by atoms with Crippen LogP contribution in [0.2, 0.25) is 0 Å². The van der Waals surface area contributed by atoms with Gasteiger partial charge in [0.05, 0.1) is 13.2 Å². The van der Waals surface area contributed by atoms with Crippen LogP contribution in [-0.2, 0) is 9.53 Å². The Morgan fingerprint density at radius 2 is 2.38 bits per heavy atom. The van der Waals surface area contributed by atoms with E-state index in [1.54, 1.807) is 0 Å². The molecule has 2 fully saturated rings. The highest BCUT2D eigenvalue weighted by Gasteiger charge is 2.59. The Morgan fingerprint density at radius 3 is 2.50 bits per heavy atom. The highest BCUT2D eigenvalue weighted by atomic mass is 16.5. The summed E-state index contributed by atoms with van der Waals surface area (Å²) < 4.78 is 4.97. The Morgan fingerprint density at radius 1 is 1.62 bits per heavy atom. The summed E-state index contributed by atoms with van der Waals surface area (Å²) in [6.45, 7) is 1.66. The molecule has 44 valence electrons. The van der Waals surface area contributed by atoms with Crippen LogP contribution in [0, 0.1) is 11.3 Å². The molecule has 0 N–H and O–H groups in total. The molecule has 1 aliphatic carbocycles. The van der Waals surface area contributed by atoms with Crippen molar-refractivity contribution in [2.24, 2.45) is 11.3 Å². The van der Waals surface area contributed by atoms with Crippen LogP contribution in [-0.4, -0.2) is 19.5 Å². The van der Waals surface area contributed by atoms with Crippen LogP contribution in [0.4, 0.5) is 0 Å². The molecule has 1 aliphatic heterocycles. The van der Waals surface area contributed by atoms with Gasteiger partial charge in [-0.05, 0) is 6.42 Å². The van der Waals surface area contributed by atoms with Gasteiger partial charge in [-0.15, -0.1) is 0 Å². The monoisotopic (exact) mass is 112 g/mol. The summed E-state index contributed by atoms with van der Waals surface area (Å²) >= 11 is 0. The van der Waals surface area contributed by atoms with Gasteiger partial charge in [-0.25, -0.2) is 0 Å². The lowest BCUT2D eigenvalue weighted by Crippen LogP contribution is -2.31. The molecule has 0 aromatic heterocycles. The number of hydrogen-bond acceptors (Lipinski definition) is 2. The first-order valence-corrected chi connectivity index (χ1v) is 2.90. The zero-order valence-electron chi connectivity index (χ0n) is 4.59. The number of carbonyl (C=O) groups is 1. The van der Waals surface area contributed by atoms with E-state index in [4.69, 9.17) is 4.74 Å². The molecule has 2 heteroatoms. The third-order valence-corrected chi connectivity index (χ3v) is 2.20. The van der Waals surface area contributed by atoms with E-state index in [-0.39, 0.29) is 0 Å². The molecule has 1 unspecified atom stereocenters. The van der Waals surface area contributed by atoms with Crippen molar-refractivity contribution >= 4 is 6.29 Å². The maximum Gasteiger partial charge on any atom is 0.123 e. The summed E-state index contributed by atoms with van der Waals surface area (Å²) in [5.41, 5.74) is 0.349. The van der Waals surface area contributed by atoms with Crippen molar-refractivity contribution in [2.45, 2.75) is 6.42 Å². The lowest BCUT2D eigenvalue weighted by atomic mass is 10.0. The maximum atomic E-state index is 10.1. The molecular weight excluding hydrogens is 104 g/mol. The fraction of sp³-hybridized carbons (Fsp3) is 0.833. The van der Waals surface area contributed by atoms with Crippen LogP contribution >= 0.6 is 0 Å². The molecule has 8 heavy (non-hydrogen) atoms. The summed E-state index contributed by atoms with van der Waals surface area (Å²) in [4.78, 5) is 10.1. The number of ether oxygens (including phenoxy) is 1. The highest BCUT2D eigenvalue weighted by molar-refractivity contribution is 5.60. The molecule has 1 saturated heterocycles. The smallest absolute Gasteiger partial charge is 0.123 e. The first-order valence-electron chi connectivity index (χ1n) is 2.90. The quantitative estimate of drug-likeness (QED) is 0.453. The van der Waals surface area contributed by atoms with Gasteiger partial charge in [0, 0.05) is 11.3 Å². The standard InChI is InChI=1S/C6H8O2/c7-2-5-1-6(5)3-8-4-6/h2,5H,1,3-4H2. The molecule has 1 saturated carbocycles. The largest absolute Gasteiger partial charge is 0.380 e. The van der Waals surface area contributed by atoms with Gasteiger partial charge >= 0.3 is 0 Å². The summed E-state index contributed by atoms with van der Waals surface area (Å²) in [7, 11) is 0. The topological polar surface area (TPSA) is 26.3 Å². The van der Waals surface area contributed by atoms with E-state index in [9.17, 15) is 4.79 Å². The maximum absolute atomic E-state index is 10.1. The van der Waals surface area contributed by atoms with E-state index in [1.165, 1.54) is 0 Å². The van der Waals surface area contributed by atoms with Gasteiger partial charge in [0.1, 0.15) is 6.29 Å². The molecule has 1 heterocycles. The second-order valence-corrected chi connectivity index (χ2v) is 2.80. The van der Waals surface area contributed by atoms with Crippen molar-refractivity contribution in [3.63, 3.8) is 0 Å². The second-order valence-electron chi connectivity index (χ2n) is 2.80. The van der Waals surface area contributed by atoms with Crippen molar-refractivity contribution in [3.05, 3.63) is 0 Å². The lowest BCUT2D eigenvalue weighted by Gasteiger charge is -2.25. The fourth-order valence-electron chi connectivity index (χ4n) is 1.27. The Kier molecular flexibility index (Phi) is 0.637. The SMILES string of the molecule is O=CC1CC12COC2. The molecular formula is C6H8O2. The normalized spacial score (nSPS) is 38.8. The Labute approximate surface area is 47.8 Å². The molecule has 0 radical (unpaired) electrons. The van der Waals surface area contributed by atoms with Gasteiger partial charge in [0.25, 0.3) is 0 Å². The summed E-state index contributed by atoms with van der Waals surface area (Å²) in [6.07, 6.45) is 2.14. The Hall–Kier alpha value is -0.370. The van der Waals surface area contributed by atoms with Crippen molar-refractivity contribution in [2.75, 3.05) is 13.2 Å². The van der Waals surface area contributed by atoms with Gasteiger partial charge in [-0.1, -0.05) is 0 Å². The minimum Gasteiger partial charge on any atom is -0.380 e. The van der Waals surface area contributed by atoms with E-state index in [2.05, 4.69) is 0 Å².